The molecule has 0 amide bonds. The van der Waals surface area contributed by atoms with E-state index in [1.165, 1.54) is 11.8 Å². The predicted molar refractivity (Wildman–Crippen MR) is 106 cm³/mol. The number of benzene rings is 2. The Bertz CT molecular complexity index is 1010. The van der Waals surface area contributed by atoms with Crippen LogP contribution in [0.3, 0.4) is 0 Å². The second-order valence-electron chi connectivity index (χ2n) is 6.64. The Kier molecular flexibility index (Phi) is 5.18. The van der Waals surface area contributed by atoms with E-state index < -0.39 is 0 Å². The molecule has 0 aliphatic carbocycles. The lowest BCUT2D eigenvalue weighted by Gasteiger charge is -2.28. The third-order valence-electron chi connectivity index (χ3n) is 4.79. The number of hydrogen-bond donors (Lipinski definition) is 1. The first-order valence-corrected chi connectivity index (χ1v) is 9.20. The highest BCUT2D eigenvalue weighted by Crippen LogP contribution is 2.24. The zero-order valence-corrected chi connectivity index (χ0v) is 15.4. The smallest absolute Gasteiger partial charge is 0.133 e. The maximum atomic E-state index is 9.68. The summed E-state index contributed by atoms with van der Waals surface area (Å²) < 4.78 is 5.40. The minimum absolute atomic E-state index is 0.0270. The summed E-state index contributed by atoms with van der Waals surface area (Å²) >= 11 is 0. The molecule has 4 rings (SSSR count). The zero-order valence-electron chi connectivity index (χ0n) is 15.4. The maximum absolute atomic E-state index is 9.68. The standard InChI is InChI=1S/C22H20N4O2/c23-15-18-14-17(3-6-21(18)27)20-7-8-24-22(25-20)13-16-1-4-19(5-2-16)26-9-11-28-12-10-26/h1-8,14,27H,9-13H2. The van der Waals surface area contributed by atoms with E-state index in [9.17, 15) is 5.11 Å². The second kappa shape index (κ2) is 8.07. The van der Waals surface area contributed by atoms with Crippen LogP contribution in [-0.2, 0) is 11.2 Å². The molecule has 140 valence electrons. The molecule has 0 unspecified atom stereocenters. The number of rotatable bonds is 4. The monoisotopic (exact) mass is 372 g/mol. The van der Waals surface area contributed by atoms with Gasteiger partial charge in [-0.1, -0.05) is 12.1 Å². The van der Waals surface area contributed by atoms with Crippen molar-refractivity contribution >= 4 is 5.69 Å². The first-order chi connectivity index (χ1) is 13.7. The number of phenolic OH excluding ortho intramolecular Hbond substituents is 1. The molecule has 0 saturated carbocycles. The Morgan fingerprint density at radius 3 is 2.61 bits per heavy atom. The molecule has 28 heavy (non-hydrogen) atoms. The van der Waals surface area contributed by atoms with E-state index in [-0.39, 0.29) is 11.3 Å². The van der Waals surface area contributed by atoms with Crippen LogP contribution in [0.25, 0.3) is 11.3 Å². The molecule has 2 aromatic carbocycles. The van der Waals surface area contributed by atoms with E-state index in [1.807, 2.05) is 6.07 Å². The van der Waals surface area contributed by atoms with Crippen LogP contribution in [0.2, 0.25) is 0 Å². The Morgan fingerprint density at radius 2 is 1.86 bits per heavy atom. The molecule has 6 heteroatoms. The normalized spacial score (nSPS) is 13.9. The van der Waals surface area contributed by atoms with E-state index in [2.05, 4.69) is 39.1 Å². The summed E-state index contributed by atoms with van der Waals surface area (Å²) in [7, 11) is 0. The maximum Gasteiger partial charge on any atom is 0.133 e. The molecule has 0 bridgehead atoms. The molecule has 0 radical (unpaired) electrons. The molecule has 0 spiro atoms. The fourth-order valence-electron chi connectivity index (χ4n) is 3.26. The lowest BCUT2D eigenvalue weighted by molar-refractivity contribution is 0.122. The van der Waals surface area contributed by atoms with Crippen molar-refractivity contribution in [2.45, 2.75) is 6.42 Å². The SMILES string of the molecule is N#Cc1cc(-c2ccnc(Cc3ccc(N4CCOCC4)cc3)n2)ccc1O. The average Bonchev–Trinajstić information content (AvgIpc) is 2.75. The molecule has 0 atom stereocenters. The number of hydrogen-bond acceptors (Lipinski definition) is 6. The van der Waals surface area contributed by atoms with Crippen molar-refractivity contribution in [2.24, 2.45) is 0 Å². The van der Waals surface area contributed by atoms with Gasteiger partial charge in [-0.15, -0.1) is 0 Å². The molecule has 3 aromatic rings. The molecule has 1 N–H and O–H groups in total. The van der Waals surface area contributed by atoms with Crippen LogP contribution >= 0.6 is 0 Å². The molecule has 2 heterocycles. The van der Waals surface area contributed by atoms with Gasteiger partial charge in [0.2, 0.25) is 0 Å². The van der Waals surface area contributed by atoms with E-state index >= 15 is 0 Å². The van der Waals surface area contributed by atoms with Gasteiger partial charge in [-0.25, -0.2) is 9.97 Å². The van der Waals surface area contributed by atoms with Gasteiger partial charge in [0.25, 0.3) is 0 Å². The van der Waals surface area contributed by atoms with Gasteiger partial charge in [-0.3, -0.25) is 0 Å². The fourth-order valence-corrected chi connectivity index (χ4v) is 3.26. The molecule has 1 aliphatic rings. The van der Waals surface area contributed by atoms with Gasteiger partial charge in [0, 0.05) is 37.0 Å². The number of anilines is 1. The van der Waals surface area contributed by atoms with E-state index in [0.717, 1.165) is 43.1 Å². The van der Waals surface area contributed by atoms with E-state index in [4.69, 9.17) is 10.00 Å². The topological polar surface area (TPSA) is 82.3 Å². The van der Waals surface area contributed by atoms with Gasteiger partial charge in [0.15, 0.2) is 0 Å². The van der Waals surface area contributed by atoms with Crippen LogP contribution in [0.1, 0.15) is 17.0 Å². The van der Waals surface area contributed by atoms with Crippen LogP contribution in [0.4, 0.5) is 5.69 Å². The first kappa shape index (κ1) is 18.0. The summed E-state index contributed by atoms with van der Waals surface area (Å²) in [6, 6.07) is 17.2. The van der Waals surface area contributed by atoms with Crippen molar-refractivity contribution in [1.29, 1.82) is 5.26 Å². The summed E-state index contributed by atoms with van der Waals surface area (Å²) in [4.78, 5) is 11.3. The summed E-state index contributed by atoms with van der Waals surface area (Å²) in [5.41, 5.74) is 4.08. The number of ether oxygens (including phenoxy) is 1. The van der Waals surface area contributed by atoms with Crippen molar-refractivity contribution < 1.29 is 9.84 Å². The Morgan fingerprint density at radius 1 is 1.07 bits per heavy atom. The predicted octanol–water partition coefficient (Wildman–Crippen LogP) is 3.15. The zero-order chi connectivity index (χ0) is 19.3. The van der Waals surface area contributed by atoms with Crippen molar-refractivity contribution in [3.63, 3.8) is 0 Å². The number of nitrogens with zero attached hydrogens (tertiary/aromatic N) is 4. The van der Waals surface area contributed by atoms with E-state index in [0.29, 0.717) is 12.2 Å². The fraction of sp³-hybridized carbons (Fsp3) is 0.227. The number of morpholine rings is 1. The van der Waals surface area contributed by atoms with Crippen molar-refractivity contribution in [3.8, 4) is 23.1 Å². The molecular weight excluding hydrogens is 352 g/mol. The molecule has 1 fully saturated rings. The third kappa shape index (κ3) is 3.95. The Labute approximate surface area is 163 Å². The third-order valence-corrected chi connectivity index (χ3v) is 4.79. The number of phenols is 1. The molecular formula is C22H20N4O2. The highest BCUT2D eigenvalue weighted by Gasteiger charge is 2.11. The largest absolute Gasteiger partial charge is 0.507 e. The second-order valence-corrected chi connectivity index (χ2v) is 6.64. The minimum Gasteiger partial charge on any atom is -0.507 e. The number of aromatic nitrogens is 2. The molecule has 1 saturated heterocycles. The Balaban J connectivity index is 1.51. The summed E-state index contributed by atoms with van der Waals surface area (Å²) in [6.07, 6.45) is 2.35. The first-order valence-electron chi connectivity index (χ1n) is 9.20. The van der Waals surface area contributed by atoms with Gasteiger partial charge < -0.3 is 14.7 Å². The summed E-state index contributed by atoms with van der Waals surface area (Å²) in [5.74, 6) is 0.684. The quantitative estimate of drug-likeness (QED) is 0.758. The number of aromatic hydroxyl groups is 1. The van der Waals surface area contributed by atoms with Gasteiger partial charge in [-0.2, -0.15) is 5.26 Å². The molecule has 1 aromatic heterocycles. The lowest BCUT2D eigenvalue weighted by atomic mass is 10.1. The van der Waals surface area contributed by atoms with Crippen LogP contribution < -0.4 is 4.90 Å². The molecule has 6 nitrogen and oxygen atoms in total. The van der Waals surface area contributed by atoms with Crippen molar-refractivity contribution in [3.05, 3.63) is 71.7 Å². The van der Waals surface area contributed by atoms with Crippen LogP contribution in [-0.4, -0.2) is 41.4 Å². The van der Waals surface area contributed by atoms with Gasteiger partial charge >= 0.3 is 0 Å². The number of nitriles is 1. The summed E-state index contributed by atoms with van der Waals surface area (Å²) in [5, 5.41) is 18.8. The average molecular weight is 372 g/mol. The minimum atomic E-state index is -0.0270. The van der Waals surface area contributed by atoms with E-state index in [1.54, 1.807) is 24.4 Å². The van der Waals surface area contributed by atoms with Crippen LogP contribution in [0.15, 0.2) is 54.7 Å². The van der Waals surface area contributed by atoms with Gasteiger partial charge in [-0.05, 0) is 42.0 Å². The van der Waals surface area contributed by atoms with Gasteiger partial charge in [0.1, 0.15) is 17.6 Å². The lowest BCUT2D eigenvalue weighted by Crippen LogP contribution is -2.36. The highest BCUT2D eigenvalue weighted by molar-refractivity contribution is 5.63. The van der Waals surface area contributed by atoms with Crippen LogP contribution in [0, 0.1) is 11.3 Å². The molecule has 1 aliphatic heterocycles. The van der Waals surface area contributed by atoms with Crippen molar-refractivity contribution in [1.82, 2.24) is 9.97 Å². The van der Waals surface area contributed by atoms with Crippen LogP contribution in [0.5, 0.6) is 5.75 Å². The van der Waals surface area contributed by atoms with Crippen molar-refractivity contribution in [2.75, 3.05) is 31.2 Å². The highest BCUT2D eigenvalue weighted by atomic mass is 16.5. The Hall–Kier alpha value is -3.43. The summed E-state index contributed by atoms with van der Waals surface area (Å²) in [6.45, 7) is 3.38. The van der Waals surface area contributed by atoms with Gasteiger partial charge in [0.05, 0.1) is 24.5 Å².